The summed E-state index contributed by atoms with van der Waals surface area (Å²) in [5, 5.41) is 15.4. The van der Waals surface area contributed by atoms with Crippen molar-refractivity contribution in [3.8, 4) is 0 Å². The maximum atomic E-state index is 10.6. The van der Waals surface area contributed by atoms with Gasteiger partial charge in [0.05, 0.1) is 6.54 Å². The summed E-state index contributed by atoms with van der Waals surface area (Å²) >= 11 is 1.91. The van der Waals surface area contributed by atoms with Crippen molar-refractivity contribution in [2.45, 2.75) is 32.9 Å². The quantitative estimate of drug-likeness (QED) is 0.695. The van der Waals surface area contributed by atoms with Gasteiger partial charge in [-0.3, -0.25) is 0 Å². The van der Waals surface area contributed by atoms with Crippen LogP contribution in [0, 0.1) is 0 Å². The van der Waals surface area contributed by atoms with Crippen molar-refractivity contribution in [1.29, 1.82) is 0 Å². The smallest absolute Gasteiger partial charge is 0.358 e. The van der Waals surface area contributed by atoms with E-state index in [0.29, 0.717) is 18.3 Å². The van der Waals surface area contributed by atoms with Gasteiger partial charge in [0.1, 0.15) is 0 Å². The van der Waals surface area contributed by atoms with Gasteiger partial charge in [-0.15, -0.1) is 0 Å². The van der Waals surface area contributed by atoms with Gasteiger partial charge in [-0.1, -0.05) is 12.1 Å². The molecule has 17 heavy (non-hydrogen) atoms. The highest BCUT2D eigenvalue weighted by Gasteiger charge is 2.11. The van der Waals surface area contributed by atoms with Gasteiger partial charge in [-0.05, 0) is 24.9 Å². The second kappa shape index (κ2) is 7.34. The zero-order valence-corrected chi connectivity index (χ0v) is 10.9. The number of aromatic carboxylic acids is 1. The number of thioether (sulfide) groups is 1. The molecule has 0 fully saturated rings. The van der Waals surface area contributed by atoms with E-state index < -0.39 is 5.97 Å². The Bertz CT molecular complexity index is 354. The standard InChI is InChI=1S/C11H18N2O3S/c1-3-17-5-4-8(2)12-7-9-6-10(11(14)15)13-16-9/h6,8,12H,3-5,7H2,1-2H3,(H,14,15). The highest BCUT2D eigenvalue weighted by Crippen LogP contribution is 2.06. The van der Waals surface area contributed by atoms with E-state index in [9.17, 15) is 4.79 Å². The number of carboxylic acid groups (broad SMARTS) is 1. The van der Waals surface area contributed by atoms with Crippen molar-refractivity contribution >= 4 is 17.7 Å². The molecule has 5 nitrogen and oxygen atoms in total. The zero-order chi connectivity index (χ0) is 12.7. The van der Waals surface area contributed by atoms with Gasteiger partial charge < -0.3 is 14.9 Å². The Balaban J connectivity index is 2.26. The number of nitrogens with zero attached hydrogens (tertiary/aromatic N) is 1. The van der Waals surface area contributed by atoms with Crippen LogP contribution in [0.2, 0.25) is 0 Å². The molecule has 0 aromatic carbocycles. The second-order valence-electron chi connectivity index (χ2n) is 3.75. The van der Waals surface area contributed by atoms with Crippen LogP contribution < -0.4 is 5.32 Å². The largest absolute Gasteiger partial charge is 0.476 e. The minimum Gasteiger partial charge on any atom is -0.476 e. The topological polar surface area (TPSA) is 75.4 Å². The Hall–Kier alpha value is -1.01. The molecule has 0 amide bonds. The SMILES string of the molecule is CCSCCC(C)NCc1cc(C(=O)O)no1. The molecule has 0 aliphatic carbocycles. The summed E-state index contributed by atoms with van der Waals surface area (Å²) < 4.78 is 4.90. The normalized spacial score (nSPS) is 12.6. The van der Waals surface area contributed by atoms with Gasteiger partial charge in [0.15, 0.2) is 11.5 Å². The average molecular weight is 258 g/mol. The summed E-state index contributed by atoms with van der Waals surface area (Å²) in [6.07, 6.45) is 1.08. The van der Waals surface area contributed by atoms with E-state index in [-0.39, 0.29) is 5.69 Å². The first-order valence-electron chi connectivity index (χ1n) is 5.63. The molecule has 0 saturated carbocycles. The van der Waals surface area contributed by atoms with Gasteiger partial charge in [0.2, 0.25) is 0 Å². The van der Waals surface area contributed by atoms with Crippen LogP contribution in [-0.2, 0) is 6.54 Å². The lowest BCUT2D eigenvalue weighted by Crippen LogP contribution is -2.25. The summed E-state index contributed by atoms with van der Waals surface area (Å²) in [5.74, 6) is 1.75. The first-order chi connectivity index (χ1) is 8.13. The molecule has 0 aliphatic heterocycles. The minimum atomic E-state index is -1.06. The van der Waals surface area contributed by atoms with Crippen LogP contribution in [0.4, 0.5) is 0 Å². The number of carbonyl (C=O) groups is 1. The molecule has 1 unspecified atom stereocenters. The fraction of sp³-hybridized carbons (Fsp3) is 0.636. The third-order valence-electron chi connectivity index (χ3n) is 2.30. The maximum Gasteiger partial charge on any atom is 0.358 e. The van der Waals surface area contributed by atoms with E-state index >= 15 is 0 Å². The number of nitrogens with one attached hydrogen (secondary N) is 1. The van der Waals surface area contributed by atoms with Gasteiger partial charge in [-0.25, -0.2) is 4.79 Å². The van der Waals surface area contributed by atoms with Crippen LogP contribution >= 0.6 is 11.8 Å². The average Bonchev–Trinajstić information content (AvgIpc) is 2.75. The third kappa shape index (κ3) is 5.23. The first kappa shape index (κ1) is 14.1. The molecule has 1 aromatic rings. The molecular weight excluding hydrogens is 240 g/mol. The molecule has 1 rings (SSSR count). The van der Waals surface area contributed by atoms with Crippen molar-refractivity contribution in [2.75, 3.05) is 11.5 Å². The van der Waals surface area contributed by atoms with E-state index in [1.165, 1.54) is 6.07 Å². The van der Waals surface area contributed by atoms with Crippen molar-refractivity contribution < 1.29 is 14.4 Å². The molecule has 0 spiro atoms. The molecule has 1 atom stereocenters. The van der Waals surface area contributed by atoms with E-state index in [1.807, 2.05) is 11.8 Å². The Kier molecular flexibility index (Phi) is 6.07. The summed E-state index contributed by atoms with van der Waals surface area (Å²) in [4.78, 5) is 10.6. The van der Waals surface area contributed by atoms with Crippen molar-refractivity contribution in [3.63, 3.8) is 0 Å². The molecule has 1 aromatic heterocycles. The van der Waals surface area contributed by atoms with Crippen molar-refractivity contribution in [2.24, 2.45) is 0 Å². The van der Waals surface area contributed by atoms with Gasteiger partial charge in [-0.2, -0.15) is 11.8 Å². The lowest BCUT2D eigenvalue weighted by Gasteiger charge is -2.11. The van der Waals surface area contributed by atoms with E-state index in [4.69, 9.17) is 9.63 Å². The zero-order valence-electron chi connectivity index (χ0n) is 10.1. The van der Waals surface area contributed by atoms with E-state index in [2.05, 4.69) is 24.3 Å². The summed E-state index contributed by atoms with van der Waals surface area (Å²) in [6, 6.07) is 1.83. The minimum absolute atomic E-state index is 0.0454. The maximum absolute atomic E-state index is 10.6. The third-order valence-corrected chi connectivity index (χ3v) is 3.23. The first-order valence-corrected chi connectivity index (χ1v) is 6.79. The Morgan fingerprint density at radius 3 is 3.06 bits per heavy atom. The number of aromatic nitrogens is 1. The van der Waals surface area contributed by atoms with Crippen LogP contribution in [0.25, 0.3) is 0 Å². The number of rotatable bonds is 8. The molecule has 1 heterocycles. The summed E-state index contributed by atoms with van der Waals surface area (Å²) in [5.41, 5.74) is -0.0454. The highest BCUT2D eigenvalue weighted by atomic mass is 32.2. The molecule has 0 bridgehead atoms. The molecule has 0 saturated heterocycles. The lowest BCUT2D eigenvalue weighted by atomic mass is 10.2. The molecule has 96 valence electrons. The fourth-order valence-electron chi connectivity index (χ4n) is 1.28. The molecule has 0 radical (unpaired) electrons. The second-order valence-corrected chi connectivity index (χ2v) is 5.15. The number of hydrogen-bond donors (Lipinski definition) is 2. The predicted octanol–water partition coefficient (Wildman–Crippen LogP) is 1.99. The predicted molar refractivity (Wildman–Crippen MR) is 67.4 cm³/mol. The van der Waals surface area contributed by atoms with E-state index in [1.54, 1.807) is 0 Å². The van der Waals surface area contributed by atoms with Crippen molar-refractivity contribution in [3.05, 3.63) is 17.5 Å². The summed E-state index contributed by atoms with van der Waals surface area (Å²) in [7, 11) is 0. The van der Waals surface area contributed by atoms with Crippen LogP contribution in [0.5, 0.6) is 0 Å². The lowest BCUT2D eigenvalue weighted by molar-refractivity contribution is 0.0685. The molecule has 2 N–H and O–H groups in total. The van der Waals surface area contributed by atoms with Gasteiger partial charge >= 0.3 is 5.97 Å². The Morgan fingerprint density at radius 2 is 2.47 bits per heavy atom. The van der Waals surface area contributed by atoms with E-state index in [0.717, 1.165) is 17.9 Å². The van der Waals surface area contributed by atoms with Crippen LogP contribution in [-0.4, -0.2) is 33.8 Å². The Morgan fingerprint density at radius 1 is 1.71 bits per heavy atom. The molecule has 0 aliphatic rings. The Labute approximate surface area is 105 Å². The molecular formula is C11H18N2O3S. The van der Waals surface area contributed by atoms with Crippen LogP contribution in [0.3, 0.4) is 0 Å². The fourth-order valence-corrected chi connectivity index (χ4v) is 2.09. The van der Waals surface area contributed by atoms with Crippen LogP contribution in [0.1, 0.15) is 36.5 Å². The number of carboxylic acids is 1. The van der Waals surface area contributed by atoms with Crippen molar-refractivity contribution in [1.82, 2.24) is 10.5 Å². The van der Waals surface area contributed by atoms with Crippen LogP contribution in [0.15, 0.2) is 10.6 Å². The number of hydrogen-bond acceptors (Lipinski definition) is 5. The van der Waals surface area contributed by atoms with Gasteiger partial charge in [0, 0.05) is 12.1 Å². The van der Waals surface area contributed by atoms with Gasteiger partial charge in [0.25, 0.3) is 0 Å². The highest BCUT2D eigenvalue weighted by molar-refractivity contribution is 7.99. The molecule has 6 heteroatoms. The monoisotopic (exact) mass is 258 g/mol. The summed E-state index contributed by atoms with van der Waals surface area (Å²) in [6.45, 7) is 4.76.